The van der Waals surface area contributed by atoms with Gasteiger partial charge in [-0.25, -0.2) is 0 Å². The van der Waals surface area contributed by atoms with Gasteiger partial charge in [0.2, 0.25) is 5.78 Å². The zero-order valence-electron chi connectivity index (χ0n) is 10.3. The van der Waals surface area contributed by atoms with Crippen LogP contribution in [0.2, 0.25) is 0 Å². The van der Waals surface area contributed by atoms with Crippen LogP contribution in [0.5, 0.6) is 0 Å². The highest BCUT2D eigenvalue weighted by Crippen LogP contribution is 1.99. The number of nitrogens with zero attached hydrogens (tertiary/aromatic N) is 1. The van der Waals surface area contributed by atoms with E-state index in [1.807, 2.05) is 49.3 Å². The minimum atomic E-state index is -0.504. The summed E-state index contributed by atoms with van der Waals surface area (Å²) in [5.41, 5.74) is 0.861. The summed E-state index contributed by atoms with van der Waals surface area (Å²) < 4.78 is 0. The number of hydrogen-bond acceptors (Lipinski definition) is 3. The summed E-state index contributed by atoms with van der Waals surface area (Å²) in [6.45, 7) is 1.22. The molecule has 0 fully saturated rings. The topological polar surface area (TPSA) is 49.4 Å². The van der Waals surface area contributed by atoms with Crippen molar-refractivity contribution in [1.29, 1.82) is 0 Å². The molecule has 0 aromatic heterocycles. The van der Waals surface area contributed by atoms with Crippen molar-refractivity contribution >= 4 is 11.7 Å². The third-order valence-corrected chi connectivity index (χ3v) is 2.31. The van der Waals surface area contributed by atoms with Crippen molar-refractivity contribution in [2.75, 3.05) is 27.2 Å². The first-order valence-corrected chi connectivity index (χ1v) is 5.59. The van der Waals surface area contributed by atoms with Crippen LogP contribution in [-0.4, -0.2) is 43.8 Å². The molecule has 1 aromatic carbocycles. The molecular weight excluding hydrogens is 216 g/mol. The second-order valence-corrected chi connectivity index (χ2v) is 4.14. The second kappa shape index (κ2) is 6.81. The fourth-order valence-corrected chi connectivity index (χ4v) is 1.35. The highest BCUT2D eigenvalue weighted by Gasteiger charge is 2.13. The zero-order valence-corrected chi connectivity index (χ0v) is 10.3. The van der Waals surface area contributed by atoms with Gasteiger partial charge in [-0.3, -0.25) is 9.59 Å². The van der Waals surface area contributed by atoms with Crippen LogP contribution >= 0.6 is 0 Å². The second-order valence-electron chi connectivity index (χ2n) is 4.14. The SMILES string of the molecule is CN(C)CCNC(=O)C(=O)Cc1ccccc1. The van der Waals surface area contributed by atoms with Gasteiger partial charge in [-0.05, 0) is 19.7 Å². The van der Waals surface area contributed by atoms with Gasteiger partial charge in [-0.2, -0.15) is 0 Å². The highest BCUT2D eigenvalue weighted by atomic mass is 16.2. The zero-order chi connectivity index (χ0) is 12.7. The van der Waals surface area contributed by atoms with Crippen LogP contribution < -0.4 is 5.32 Å². The summed E-state index contributed by atoms with van der Waals surface area (Å²) in [6.07, 6.45) is 0.161. The molecular formula is C13H18N2O2. The Hall–Kier alpha value is -1.68. The van der Waals surface area contributed by atoms with Crippen LogP contribution in [0.1, 0.15) is 5.56 Å². The standard InChI is InChI=1S/C13H18N2O2/c1-15(2)9-8-14-13(17)12(16)10-11-6-4-3-5-7-11/h3-7H,8-10H2,1-2H3,(H,14,17). The molecule has 0 aliphatic carbocycles. The number of nitrogens with one attached hydrogen (secondary N) is 1. The molecule has 0 spiro atoms. The van der Waals surface area contributed by atoms with Crippen LogP contribution in [0.15, 0.2) is 30.3 Å². The summed E-state index contributed by atoms with van der Waals surface area (Å²) in [7, 11) is 3.83. The summed E-state index contributed by atoms with van der Waals surface area (Å²) in [4.78, 5) is 25.0. The van der Waals surface area contributed by atoms with Gasteiger partial charge in [0.05, 0.1) is 0 Å². The normalized spacial score (nSPS) is 10.3. The lowest BCUT2D eigenvalue weighted by Crippen LogP contribution is -2.36. The number of ketones is 1. The van der Waals surface area contributed by atoms with Gasteiger partial charge in [0.15, 0.2) is 0 Å². The minimum absolute atomic E-state index is 0.161. The predicted molar refractivity (Wildman–Crippen MR) is 66.7 cm³/mol. The number of rotatable bonds is 6. The third-order valence-electron chi connectivity index (χ3n) is 2.31. The fourth-order valence-electron chi connectivity index (χ4n) is 1.35. The molecule has 0 aliphatic rings. The molecule has 0 unspecified atom stereocenters. The Labute approximate surface area is 102 Å². The molecule has 0 saturated heterocycles. The number of amides is 1. The first-order chi connectivity index (χ1) is 8.09. The number of carbonyl (C=O) groups is 2. The van der Waals surface area contributed by atoms with Gasteiger partial charge in [0.1, 0.15) is 0 Å². The number of Topliss-reactive ketones (excluding diaryl/α,β-unsaturated/α-hetero) is 1. The van der Waals surface area contributed by atoms with Gasteiger partial charge >= 0.3 is 0 Å². The Morgan fingerprint density at radius 1 is 1.18 bits per heavy atom. The first-order valence-electron chi connectivity index (χ1n) is 5.59. The molecule has 1 aromatic rings. The Balaban J connectivity index is 2.35. The molecule has 0 radical (unpaired) electrons. The quantitative estimate of drug-likeness (QED) is 0.728. The van der Waals surface area contributed by atoms with E-state index >= 15 is 0 Å². The summed E-state index contributed by atoms with van der Waals surface area (Å²) >= 11 is 0. The first kappa shape index (κ1) is 13.4. The molecule has 4 heteroatoms. The van der Waals surface area contributed by atoms with Crippen LogP contribution in [0.3, 0.4) is 0 Å². The Bertz CT molecular complexity index is 374. The van der Waals surface area contributed by atoms with Gasteiger partial charge in [-0.15, -0.1) is 0 Å². The molecule has 17 heavy (non-hydrogen) atoms. The number of likely N-dealkylation sites (N-methyl/N-ethyl adjacent to an activating group) is 1. The van der Waals surface area contributed by atoms with E-state index in [-0.39, 0.29) is 6.42 Å². The van der Waals surface area contributed by atoms with Crippen molar-refractivity contribution in [1.82, 2.24) is 10.2 Å². The maximum atomic E-state index is 11.6. The van der Waals surface area contributed by atoms with Crippen molar-refractivity contribution < 1.29 is 9.59 Å². The molecule has 0 bridgehead atoms. The number of benzene rings is 1. The van der Waals surface area contributed by atoms with E-state index in [0.717, 1.165) is 12.1 Å². The molecule has 92 valence electrons. The van der Waals surface area contributed by atoms with Crippen molar-refractivity contribution in [3.63, 3.8) is 0 Å². The molecule has 1 N–H and O–H groups in total. The van der Waals surface area contributed by atoms with Gasteiger partial charge in [0, 0.05) is 19.5 Å². The van der Waals surface area contributed by atoms with Crippen molar-refractivity contribution in [3.05, 3.63) is 35.9 Å². The van der Waals surface area contributed by atoms with Crippen molar-refractivity contribution in [3.8, 4) is 0 Å². The van der Waals surface area contributed by atoms with E-state index in [2.05, 4.69) is 5.32 Å². The van der Waals surface area contributed by atoms with Crippen LogP contribution in [0.4, 0.5) is 0 Å². The fraction of sp³-hybridized carbons (Fsp3) is 0.385. The average molecular weight is 234 g/mol. The molecule has 0 aliphatic heterocycles. The van der Waals surface area contributed by atoms with E-state index in [4.69, 9.17) is 0 Å². The molecule has 0 saturated carbocycles. The van der Waals surface area contributed by atoms with E-state index in [0.29, 0.717) is 6.54 Å². The Morgan fingerprint density at radius 2 is 1.82 bits per heavy atom. The minimum Gasteiger partial charge on any atom is -0.348 e. The van der Waals surface area contributed by atoms with E-state index < -0.39 is 11.7 Å². The Morgan fingerprint density at radius 3 is 2.41 bits per heavy atom. The number of carbonyl (C=O) groups excluding carboxylic acids is 2. The lowest BCUT2D eigenvalue weighted by molar-refractivity contribution is -0.137. The van der Waals surface area contributed by atoms with Gasteiger partial charge < -0.3 is 10.2 Å². The smallest absolute Gasteiger partial charge is 0.287 e. The molecule has 4 nitrogen and oxygen atoms in total. The molecule has 1 amide bonds. The van der Waals surface area contributed by atoms with E-state index in [9.17, 15) is 9.59 Å². The average Bonchev–Trinajstić information content (AvgIpc) is 2.29. The summed E-state index contributed by atoms with van der Waals surface area (Å²) in [6, 6.07) is 9.26. The number of hydrogen-bond donors (Lipinski definition) is 1. The third kappa shape index (κ3) is 5.26. The van der Waals surface area contributed by atoms with Crippen molar-refractivity contribution in [2.24, 2.45) is 0 Å². The monoisotopic (exact) mass is 234 g/mol. The van der Waals surface area contributed by atoms with Crippen LogP contribution in [-0.2, 0) is 16.0 Å². The maximum absolute atomic E-state index is 11.6. The largest absolute Gasteiger partial charge is 0.348 e. The lowest BCUT2D eigenvalue weighted by Gasteiger charge is -2.09. The summed E-state index contributed by atoms with van der Waals surface area (Å²) in [5.74, 6) is -0.898. The molecule has 0 heterocycles. The maximum Gasteiger partial charge on any atom is 0.287 e. The molecule has 1 rings (SSSR count). The lowest BCUT2D eigenvalue weighted by atomic mass is 10.1. The summed E-state index contributed by atoms with van der Waals surface area (Å²) in [5, 5.41) is 2.60. The predicted octanol–water partition coefficient (Wildman–Crippen LogP) is 0.476. The van der Waals surface area contributed by atoms with E-state index in [1.165, 1.54) is 0 Å². The molecule has 0 atom stereocenters. The van der Waals surface area contributed by atoms with Crippen LogP contribution in [0.25, 0.3) is 0 Å². The van der Waals surface area contributed by atoms with Crippen molar-refractivity contribution in [2.45, 2.75) is 6.42 Å². The van der Waals surface area contributed by atoms with Crippen LogP contribution in [0, 0.1) is 0 Å². The Kier molecular flexibility index (Phi) is 5.36. The van der Waals surface area contributed by atoms with Gasteiger partial charge in [-0.1, -0.05) is 30.3 Å². The van der Waals surface area contributed by atoms with E-state index in [1.54, 1.807) is 0 Å². The van der Waals surface area contributed by atoms with Gasteiger partial charge in [0.25, 0.3) is 5.91 Å². The highest BCUT2D eigenvalue weighted by molar-refractivity contribution is 6.36.